The number of nitrogens with zero attached hydrogens (tertiary/aromatic N) is 3. The predicted molar refractivity (Wildman–Crippen MR) is 78.8 cm³/mol. The predicted octanol–water partition coefficient (Wildman–Crippen LogP) is 1.67. The highest BCUT2D eigenvalue weighted by Crippen LogP contribution is 2.36. The zero-order chi connectivity index (χ0) is 14.6. The summed E-state index contributed by atoms with van der Waals surface area (Å²) in [4.78, 5) is 11.6. The van der Waals surface area contributed by atoms with Crippen LogP contribution in [0.3, 0.4) is 0 Å². The molecule has 1 aromatic rings. The van der Waals surface area contributed by atoms with Gasteiger partial charge in [-0.3, -0.25) is 4.57 Å². The fourth-order valence-electron chi connectivity index (χ4n) is 2.03. The smallest absolute Gasteiger partial charge is 0.303 e. The maximum Gasteiger partial charge on any atom is 0.344 e. The van der Waals surface area contributed by atoms with Gasteiger partial charge in [0.1, 0.15) is 5.54 Å². The molecule has 6 nitrogen and oxygen atoms in total. The molecule has 20 heavy (non-hydrogen) atoms. The van der Waals surface area contributed by atoms with E-state index in [0.29, 0.717) is 6.04 Å². The van der Waals surface area contributed by atoms with Gasteiger partial charge < -0.3 is 5.32 Å². The van der Waals surface area contributed by atoms with Crippen LogP contribution in [0.15, 0.2) is 9.95 Å². The number of hydrogen-bond donors (Lipinski definition) is 2. The number of nitriles is 1. The summed E-state index contributed by atoms with van der Waals surface area (Å²) in [5.41, 5.74) is -0.533. The maximum atomic E-state index is 11.6. The summed E-state index contributed by atoms with van der Waals surface area (Å²) in [6.07, 6.45) is 4.98. The Hall–Kier alpha value is -1.26. The summed E-state index contributed by atoms with van der Waals surface area (Å²) in [5, 5.41) is 19.5. The van der Waals surface area contributed by atoms with Gasteiger partial charge in [-0.25, -0.2) is 9.89 Å². The molecule has 1 fully saturated rings. The summed E-state index contributed by atoms with van der Waals surface area (Å²) in [7, 11) is 1.82. The molecule has 1 atom stereocenters. The number of aromatic nitrogens is 3. The molecule has 1 aliphatic rings. The number of hydrogen-bond acceptors (Lipinski definition) is 5. The number of aromatic amines is 1. The van der Waals surface area contributed by atoms with E-state index < -0.39 is 5.54 Å². The van der Waals surface area contributed by atoms with Crippen LogP contribution in [-0.4, -0.2) is 33.1 Å². The first-order valence-electron chi connectivity index (χ1n) is 6.99. The molecule has 2 rings (SSSR count). The molecular formula is C13H21N5OS. The van der Waals surface area contributed by atoms with E-state index in [9.17, 15) is 4.79 Å². The van der Waals surface area contributed by atoms with Gasteiger partial charge in [-0.05, 0) is 46.1 Å². The van der Waals surface area contributed by atoms with Crippen LogP contribution in [0.5, 0.6) is 0 Å². The van der Waals surface area contributed by atoms with E-state index in [0.717, 1.165) is 43.0 Å². The van der Waals surface area contributed by atoms with Gasteiger partial charge in [-0.1, -0.05) is 11.8 Å². The van der Waals surface area contributed by atoms with Crippen LogP contribution in [0.1, 0.15) is 45.1 Å². The average molecular weight is 295 g/mol. The summed E-state index contributed by atoms with van der Waals surface area (Å²) >= 11 is 1.62. The van der Waals surface area contributed by atoms with Crippen molar-refractivity contribution in [2.45, 2.75) is 55.8 Å². The van der Waals surface area contributed by atoms with Crippen LogP contribution in [0.25, 0.3) is 0 Å². The lowest BCUT2D eigenvalue weighted by Crippen LogP contribution is -2.37. The Morgan fingerprint density at radius 3 is 2.95 bits per heavy atom. The van der Waals surface area contributed by atoms with Gasteiger partial charge in [-0.2, -0.15) is 5.26 Å². The molecular weight excluding hydrogens is 274 g/mol. The number of unbranched alkanes of at least 4 members (excludes halogenated alkanes) is 1. The van der Waals surface area contributed by atoms with Crippen molar-refractivity contribution in [2.24, 2.45) is 0 Å². The second-order valence-electron chi connectivity index (χ2n) is 5.41. The highest BCUT2D eigenvalue weighted by Gasteiger charge is 2.28. The van der Waals surface area contributed by atoms with Crippen LogP contribution in [-0.2, 0) is 0 Å². The van der Waals surface area contributed by atoms with Crippen molar-refractivity contribution in [3.05, 3.63) is 10.5 Å². The van der Waals surface area contributed by atoms with Gasteiger partial charge >= 0.3 is 5.69 Å². The highest BCUT2D eigenvalue weighted by molar-refractivity contribution is 7.99. The van der Waals surface area contributed by atoms with E-state index in [2.05, 4.69) is 21.6 Å². The highest BCUT2D eigenvalue weighted by atomic mass is 32.2. The molecule has 2 N–H and O–H groups in total. The number of H-pyrrole nitrogens is 1. The minimum Gasteiger partial charge on any atom is -0.303 e. The summed E-state index contributed by atoms with van der Waals surface area (Å²) < 4.78 is 1.78. The normalized spacial score (nSPS) is 17.6. The largest absolute Gasteiger partial charge is 0.344 e. The van der Waals surface area contributed by atoms with Crippen molar-refractivity contribution in [1.29, 1.82) is 5.26 Å². The fraction of sp³-hybridized carbons (Fsp3) is 0.769. The Balaban J connectivity index is 1.74. The van der Waals surface area contributed by atoms with Crippen LogP contribution in [0.2, 0.25) is 0 Å². The first-order chi connectivity index (χ1) is 9.59. The lowest BCUT2D eigenvalue weighted by Gasteiger charge is -2.20. The van der Waals surface area contributed by atoms with Crippen molar-refractivity contribution in [3.63, 3.8) is 0 Å². The van der Waals surface area contributed by atoms with Crippen molar-refractivity contribution in [1.82, 2.24) is 20.1 Å². The molecule has 0 bridgehead atoms. The molecule has 0 saturated heterocycles. The van der Waals surface area contributed by atoms with Gasteiger partial charge in [0.15, 0.2) is 5.16 Å². The minimum atomic E-state index is -0.437. The van der Waals surface area contributed by atoms with Crippen LogP contribution in [0, 0.1) is 11.3 Å². The topological polar surface area (TPSA) is 86.5 Å². The Morgan fingerprint density at radius 1 is 1.60 bits per heavy atom. The van der Waals surface area contributed by atoms with E-state index in [-0.39, 0.29) is 5.69 Å². The number of thioether (sulfide) groups is 1. The van der Waals surface area contributed by atoms with E-state index >= 15 is 0 Å². The molecule has 0 radical (unpaired) electrons. The first-order valence-corrected chi connectivity index (χ1v) is 7.98. The molecule has 1 unspecified atom stereocenters. The minimum absolute atomic E-state index is 0.0951. The van der Waals surface area contributed by atoms with Gasteiger partial charge in [0.05, 0.1) is 6.07 Å². The molecule has 1 heterocycles. The monoisotopic (exact) mass is 295 g/mol. The van der Waals surface area contributed by atoms with E-state index in [4.69, 9.17) is 5.26 Å². The molecule has 0 amide bonds. The van der Waals surface area contributed by atoms with E-state index in [1.165, 1.54) is 0 Å². The van der Waals surface area contributed by atoms with Crippen molar-refractivity contribution in [2.75, 3.05) is 12.8 Å². The van der Waals surface area contributed by atoms with E-state index in [1.807, 2.05) is 14.0 Å². The molecule has 1 aliphatic carbocycles. The van der Waals surface area contributed by atoms with Crippen molar-refractivity contribution in [3.8, 4) is 6.07 Å². The van der Waals surface area contributed by atoms with Crippen LogP contribution < -0.4 is 11.0 Å². The van der Waals surface area contributed by atoms with Crippen LogP contribution in [0.4, 0.5) is 0 Å². The van der Waals surface area contributed by atoms with Gasteiger partial charge in [0.25, 0.3) is 0 Å². The Labute approximate surface area is 122 Å². The third kappa shape index (κ3) is 3.64. The lowest BCUT2D eigenvalue weighted by atomic mass is 9.97. The summed E-state index contributed by atoms with van der Waals surface area (Å²) in [6.45, 7) is 1.92. The Bertz CT molecular complexity index is 542. The average Bonchev–Trinajstić information content (AvgIpc) is 3.22. The third-order valence-corrected chi connectivity index (χ3v) is 4.72. The number of rotatable bonds is 8. The summed E-state index contributed by atoms with van der Waals surface area (Å²) in [6, 6.07) is 2.65. The van der Waals surface area contributed by atoms with Gasteiger partial charge in [0, 0.05) is 11.8 Å². The van der Waals surface area contributed by atoms with Gasteiger partial charge in [-0.15, -0.1) is 5.10 Å². The van der Waals surface area contributed by atoms with Crippen molar-refractivity contribution >= 4 is 11.8 Å². The fourth-order valence-corrected chi connectivity index (χ4v) is 3.04. The third-order valence-electron chi connectivity index (χ3n) is 3.68. The molecule has 1 aromatic heterocycles. The lowest BCUT2D eigenvalue weighted by molar-refractivity contribution is 0.439. The van der Waals surface area contributed by atoms with Gasteiger partial charge in [0.2, 0.25) is 0 Å². The molecule has 1 saturated carbocycles. The summed E-state index contributed by atoms with van der Waals surface area (Å²) in [5.74, 6) is 0.919. The zero-order valence-electron chi connectivity index (χ0n) is 12.0. The Morgan fingerprint density at radius 2 is 2.35 bits per heavy atom. The maximum absolute atomic E-state index is 11.6. The zero-order valence-corrected chi connectivity index (χ0v) is 12.8. The molecule has 0 spiro atoms. The van der Waals surface area contributed by atoms with Crippen LogP contribution >= 0.6 is 11.8 Å². The molecule has 0 aliphatic heterocycles. The SMILES string of the molecule is CNC(C)(C#N)CCCCSc1n[nH]c(=O)n1C1CC1. The second kappa shape index (κ2) is 6.46. The molecule has 7 heteroatoms. The Kier molecular flexibility index (Phi) is 4.89. The molecule has 110 valence electrons. The standard InChI is InChI=1S/C13H21N5OS/c1-13(9-14,15-2)7-3-4-8-20-12-17-16-11(19)18(12)10-5-6-10/h10,15H,3-8H2,1-2H3,(H,16,19). The number of nitrogens with one attached hydrogen (secondary N) is 2. The molecule has 0 aromatic carbocycles. The second-order valence-corrected chi connectivity index (χ2v) is 6.47. The van der Waals surface area contributed by atoms with E-state index in [1.54, 1.807) is 16.3 Å². The first kappa shape index (κ1) is 15.1. The quantitative estimate of drug-likeness (QED) is 0.563. The van der Waals surface area contributed by atoms with Crippen molar-refractivity contribution < 1.29 is 0 Å².